The Kier molecular flexibility index (Phi) is 28.7. The van der Waals surface area contributed by atoms with Gasteiger partial charge in [0.25, 0.3) is 0 Å². The standard InChI is InChI=1S/C36H73O3P/c1-3-5-7-9-11-13-15-17-19-21-23-25-27-29-31-33-35-40(37,38,39)36-34-32-30-28-26-24-22-20-18-16-14-12-10-8-6-4-2/h17-20,37-39H,3-16,21-36H2,1-2H3/b19-17-,20-18-. The molecule has 0 fully saturated rings. The Bertz CT molecular complexity index is 518. The van der Waals surface area contributed by atoms with E-state index in [-0.39, 0.29) is 12.3 Å². The van der Waals surface area contributed by atoms with Gasteiger partial charge in [-0.1, -0.05) is 78.1 Å². The van der Waals surface area contributed by atoms with Gasteiger partial charge in [0.1, 0.15) is 0 Å². The van der Waals surface area contributed by atoms with Crippen molar-refractivity contribution in [1.82, 2.24) is 0 Å². The molecule has 0 aromatic heterocycles. The van der Waals surface area contributed by atoms with Crippen LogP contribution in [0.1, 0.15) is 194 Å². The van der Waals surface area contributed by atoms with E-state index < -0.39 is 7.28 Å². The third kappa shape index (κ3) is 32.3. The monoisotopic (exact) mass is 585 g/mol. The van der Waals surface area contributed by atoms with E-state index >= 15 is 0 Å². The van der Waals surface area contributed by atoms with Crippen molar-refractivity contribution in [3.8, 4) is 0 Å². The van der Waals surface area contributed by atoms with E-state index in [4.69, 9.17) is 0 Å². The van der Waals surface area contributed by atoms with Gasteiger partial charge >= 0.3 is 174 Å². The van der Waals surface area contributed by atoms with Gasteiger partial charge in [0.2, 0.25) is 0 Å². The molecule has 0 heterocycles. The molecule has 0 spiro atoms. The summed E-state index contributed by atoms with van der Waals surface area (Å²) in [5, 5.41) is 0. The summed E-state index contributed by atoms with van der Waals surface area (Å²) in [6, 6.07) is 0. The molecule has 3 nitrogen and oxygen atoms in total. The summed E-state index contributed by atoms with van der Waals surface area (Å²) in [5.41, 5.74) is 0. The second kappa shape index (κ2) is 28.9. The Morgan fingerprint density at radius 3 is 0.825 bits per heavy atom. The summed E-state index contributed by atoms with van der Waals surface area (Å²) in [4.78, 5) is 31.3. The summed E-state index contributed by atoms with van der Waals surface area (Å²) < 4.78 is 0. The van der Waals surface area contributed by atoms with E-state index in [2.05, 4.69) is 38.2 Å². The molecule has 0 rings (SSSR count). The smallest absolute Gasteiger partial charge is 0.0654 e. The summed E-state index contributed by atoms with van der Waals surface area (Å²) in [6.07, 6.45) is 44.2. The SMILES string of the molecule is CCCCCCCC/C=C\CCCCCCCCP(O)(O)(O)CCCCCCCC/C=C\CCCCCCCC. The van der Waals surface area contributed by atoms with Gasteiger partial charge in [-0.25, -0.2) is 0 Å². The maximum atomic E-state index is 10.4. The van der Waals surface area contributed by atoms with Crippen molar-refractivity contribution in [3.63, 3.8) is 0 Å². The van der Waals surface area contributed by atoms with E-state index in [1.165, 1.54) is 141 Å². The van der Waals surface area contributed by atoms with Crippen LogP contribution in [0.2, 0.25) is 0 Å². The van der Waals surface area contributed by atoms with Gasteiger partial charge < -0.3 is 0 Å². The first-order valence-corrected chi connectivity index (χ1v) is 20.4. The third-order valence-electron chi connectivity index (χ3n) is 8.26. The van der Waals surface area contributed by atoms with Crippen LogP contribution in [0.25, 0.3) is 0 Å². The molecular weight excluding hydrogens is 511 g/mol. The average molecular weight is 585 g/mol. The van der Waals surface area contributed by atoms with Crippen LogP contribution >= 0.6 is 7.28 Å². The van der Waals surface area contributed by atoms with Gasteiger partial charge in [-0.3, -0.25) is 0 Å². The summed E-state index contributed by atoms with van der Waals surface area (Å²) in [6.45, 7) is 4.54. The van der Waals surface area contributed by atoms with Gasteiger partial charge in [0.05, 0.1) is 0 Å². The zero-order valence-electron chi connectivity index (χ0n) is 27.3. The molecule has 3 N–H and O–H groups in total. The molecule has 40 heavy (non-hydrogen) atoms. The topological polar surface area (TPSA) is 60.7 Å². The fraction of sp³-hybridized carbons (Fsp3) is 0.889. The molecule has 0 saturated carbocycles. The average Bonchev–Trinajstić information content (AvgIpc) is 2.92. The van der Waals surface area contributed by atoms with Crippen molar-refractivity contribution in [2.24, 2.45) is 0 Å². The first kappa shape index (κ1) is 39.8. The van der Waals surface area contributed by atoms with Crippen LogP contribution in [-0.2, 0) is 0 Å². The predicted molar refractivity (Wildman–Crippen MR) is 182 cm³/mol. The number of unbranched alkanes of at least 4 members (excludes halogenated alkanes) is 24. The molecule has 0 unspecified atom stereocenters. The van der Waals surface area contributed by atoms with E-state index in [0.717, 1.165) is 38.5 Å². The Labute approximate surface area is 251 Å². The maximum absolute atomic E-state index is 10.4. The summed E-state index contributed by atoms with van der Waals surface area (Å²) >= 11 is 0. The van der Waals surface area contributed by atoms with Crippen molar-refractivity contribution >= 4 is 7.28 Å². The van der Waals surface area contributed by atoms with Crippen molar-refractivity contribution in [3.05, 3.63) is 24.3 Å². The number of hydrogen-bond donors (Lipinski definition) is 3. The zero-order valence-corrected chi connectivity index (χ0v) is 28.2. The molecule has 0 aromatic carbocycles. The van der Waals surface area contributed by atoms with E-state index in [1.807, 2.05) is 0 Å². The number of hydrogen-bond acceptors (Lipinski definition) is 3. The van der Waals surface area contributed by atoms with Crippen molar-refractivity contribution in [2.45, 2.75) is 194 Å². The van der Waals surface area contributed by atoms with Crippen molar-refractivity contribution in [1.29, 1.82) is 0 Å². The van der Waals surface area contributed by atoms with Gasteiger partial charge in [-0.05, 0) is 0 Å². The Hall–Kier alpha value is -0.210. The van der Waals surface area contributed by atoms with Crippen LogP contribution in [0.4, 0.5) is 0 Å². The molecule has 0 saturated heterocycles. The van der Waals surface area contributed by atoms with E-state index in [0.29, 0.717) is 0 Å². The fourth-order valence-corrected chi connectivity index (χ4v) is 7.44. The predicted octanol–water partition coefficient (Wildman–Crippen LogP) is 12.3. The third-order valence-corrected chi connectivity index (χ3v) is 10.7. The minimum absolute atomic E-state index is 0.192. The molecule has 0 aliphatic heterocycles. The van der Waals surface area contributed by atoms with Gasteiger partial charge in [0, 0.05) is 0 Å². The molecule has 0 bridgehead atoms. The van der Waals surface area contributed by atoms with E-state index in [9.17, 15) is 14.7 Å². The Morgan fingerprint density at radius 2 is 0.550 bits per heavy atom. The summed E-state index contributed by atoms with van der Waals surface area (Å²) in [5.74, 6) is 0. The van der Waals surface area contributed by atoms with Crippen LogP contribution in [0.15, 0.2) is 24.3 Å². The minimum atomic E-state index is -4.41. The van der Waals surface area contributed by atoms with Gasteiger partial charge in [0.15, 0.2) is 0 Å². The molecule has 240 valence electrons. The first-order valence-electron chi connectivity index (χ1n) is 17.9. The fourth-order valence-electron chi connectivity index (χ4n) is 5.48. The quantitative estimate of drug-likeness (QED) is 0.0418. The Morgan fingerprint density at radius 1 is 0.325 bits per heavy atom. The summed E-state index contributed by atoms with van der Waals surface area (Å²) in [7, 11) is -4.41. The van der Waals surface area contributed by atoms with Gasteiger partial charge in [-0.2, -0.15) is 0 Å². The second-order valence-corrected chi connectivity index (χ2v) is 16.2. The minimum Gasteiger partial charge on any atom is -0.0654 e. The molecule has 0 radical (unpaired) electrons. The van der Waals surface area contributed by atoms with Crippen LogP contribution in [0, 0.1) is 0 Å². The molecule has 0 amide bonds. The van der Waals surface area contributed by atoms with E-state index in [1.54, 1.807) is 0 Å². The van der Waals surface area contributed by atoms with Gasteiger partial charge in [-0.15, -0.1) is 0 Å². The second-order valence-electron chi connectivity index (χ2n) is 12.7. The van der Waals surface area contributed by atoms with Crippen molar-refractivity contribution in [2.75, 3.05) is 12.3 Å². The molecule has 0 aliphatic rings. The number of rotatable bonds is 32. The van der Waals surface area contributed by atoms with Crippen LogP contribution in [0.5, 0.6) is 0 Å². The Balaban J connectivity index is 3.50. The molecule has 4 heteroatoms. The molecule has 0 aromatic rings. The van der Waals surface area contributed by atoms with Crippen LogP contribution < -0.4 is 0 Å². The normalized spacial score (nSPS) is 13.5. The van der Waals surface area contributed by atoms with Crippen LogP contribution in [-0.4, -0.2) is 27.0 Å². The molecular formula is C36H73O3P. The van der Waals surface area contributed by atoms with Crippen molar-refractivity contribution < 1.29 is 14.7 Å². The molecule has 0 aliphatic carbocycles. The number of allylic oxidation sites excluding steroid dienone is 4. The zero-order chi connectivity index (χ0) is 29.5. The first-order chi connectivity index (χ1) is 19.4. The molecule has 0 atom stereocenters. The van der Waals surface area contributed by atoms with Crippen LogP contribution in [0.3, 0.4) is 0 Å².